The Morgan fingerprint density at radius 3 is 2.36 bits per heavy atom. The summed E-state index contributed by atoms with van der Waals surface area (Å²) in [6.45, 7) is 0.0566. The molecule has 0 bridgehead atoms. The van der Waals surface area contributed by atoms with Crippen LogP contribution in [0.15, 0.2) is 29.3 Å². The van der Waals surface area contributed by atoms with Crippen LogP contribution in [0.4, 0.5) is 17.6 Å². The van der Waals surface area contributed by atoms with Crippen LogP contribution in [-0.2, 0) is 6.54 Å². The Balaban J connectivity index is 2.29. The van der Waals surface area contributed by atoms with Gasteiger partial charge in [0.15, 0.2) is 5.96 Å². The highest BCUT2D eigenvalue weighted by atomic mass is 19.4. The van der Waals surface area contributed by atoms with E-state index in [1.807, 2.05) is 0 Å². The van der Waals surface area contributed by atoms with Gasteiger partial charge in [-0.15, -0.1) is 0 Å². The maximum atomic E-state index is 12.8. The van der Waals surface area contributed by atoms with Gasteiger partial charge in [0.25, 0.3) is 0 Å². The predicted octanol–water partition coefficient (Wildman–Crippen LogP) is 1.98. The van der Waals surface area contributed by atoms with Crippen molar-refractivity contribution in [3.63, 3.8) is 0 Å². The Hall–Kier alpha value is -1.83. The van der Waals surface area contributed by atoms with Crippen LogP contribution < -0.4 is 10.6 Å². The van der Waals surface area contributed by atoms with Crippen molar-refractivity contribution in [2.45, 2.75) is 12.7 Å². The quantitative estimate of drug-likeness (QED) is 0.478. The van der Waals surface area contributed by atoms with Crippen molar-refractivity contribution in [2.75, 3.05) is 33.7 Å². The van der Waals surface area contributed by atoms with Crippen LogP contribution >= 0.6 is 0 Å². The molecule has 4 nitrogen and oxygen atoms in total. The number of halogens is 4. The molecule has 0 radical (unpaired) electrons. The molecule has 0 aliphatic carbocycles. The average molecular weight is 320 g/mol. The van der Waals surface area contributed by atoms with E-state index in [4.69, 9.17) is 0 Å². The molecule has 0 atom stereocenters. The first-order valence-electron chi connectivity index (χ1n) is 6.74. The molecule has 0 fully saturated rings. The predicted molar refractivity (Wildman–Crippen MR) is 78.2 cm³/mol. The Morgan fingerprint density at radius 2 is 1.82 bits per heavy atom. The standard InChI is InChI=1S/C14H20F4N4/c1-19-13(20-7-8-22(2)10-14(16,17)18)21-9-11-3-5-12(15)6-4-11/h3-6H,7-10H2,1-2H3,(H2,19,20,21). The largest absolute Gasteiger partial charge is 0.401 e. The Bertz CT molecular complexity index is 471. The highest BCUT2D eigenvalue weighted by Gasteiger charge is 2.28. The molecule has 0 aliphatic heterocycles. The first-order chi connectivity index (χ1) is 10.3. The maximum absolute atomic E-state index is 12.8. The molecule has 1 aromatic carbocycles. The number of hydrogen-bond donors (Lipinski definition) is 2. The lowest BCUT2D eigenvalue weighted by atomic mass is 10.2. The smallest absolute Gasteiger partial charge is 0.355 e. The first kappa shape index (κ1) is 18.2. The van der Waals surface area contributed by atoms with Crippen molar-refractivity contribution < 1.29 is 17.6 Å². The molecule has 1 rings (SSSR count). The summed E-state index contributed by atoms with van der Waals surface area (Å²) < 4.78 is 49.3. The molecular weight excluding hydrogens is 300 g/mol. The van der Waals surface area contributed by atoms with Crippen molar-refractivity contribution >= 4 is 5.96 Å². The van der Waals surface area contributed by atoms with Crippen LogP contribution in [0.25, 0.3) is 0 Å². The summed E-state index contributed by atoms with van der Waals surface area (Å²) in [5.74, 6) is 0.170. The van der Waals surface area contributed by atoms with Crippen LogP contribution in [0.3, 0.4) is 0 Å². The van der Waals surface area contributed by atoms with Gasteiger partial charge in [-0.1, -0.05) is 12.1 Å². The minimum absolute atomic E-state index is 0.233. The van der Waals surface area contributed by atoms with Gasteiger partial charge >= 0.3 is 6.18 Å². The number of likely N-dealkylation sites (N-methyl/N-ethyl adjacent to an activating group) is 1. The fourth-order valence-corrected chi connectivity index (χ4v) is 1.76. The summed E-state index contributed by atoms with van der Waals surface area (Å²) in [5.41, 5.74) is 0.874. The van der Waals surface area contributed by atoms with Crippen molar-refractivity contribution in [1.82, 2.24) is 15.5 Å². The summed E-state index contributed by atoms with van der Waals surface area (Å²) in [7, 11) is 2.98. The molecule has 0 heterocycles. The van der Waals surface area contributed by atoms with E-state index < -0.39 is 12.7 Å². The van der Waals surface area contributed by atoms with Gasteiger partial charge in [0.1, 0.15) is 5.82 Å². The van der Waals surface area contributed by atoms with E-state index in [1.165, 1.54) is 24.1 Å². The van der Waals surface area contributed by atoms with Gasteiger partial charge in [0, 0.05) is 26.7 Å². The molecule has 1 aromatic rings. The molecule has 8 heteroatoms. The van der Waals surface area contributed by atoms with E-state index in [0.29, 0.717) is 19.0 Å². The van der Waals surface area contributed by atoms with Gasteiger partial charge in [-0.05, 0) is 24.7 Å². The van der Waals surface area contributed by atoms with E-state index in [9.17, 15) is 17.6 Å². The highest BCUT2D eigenvalue weighted by Crippen LogP contribution is 2.14. The summed E-state index contributed by atoms with van der Waals surface area (Å²) in [5, 5.41) is 5.93. The Morgan fingerprint density at radius 1 is 1.18 bits per heavy atom. The third-order valence-electron chi connectivity index (χ3n) is 2.83. The normalized spacial score (nSPS) is 12.6. The molecule has 2 N–H and O–H groups in total. The van der Waals surface area contributed by atoms with Gasteiger partial charge in [0.2, 0.25) is 0 Å². The van der Waals surface area contributed by atoms with Crippen molar-refractivity contribution in [2.24, 2.45) is 4.99 Å². The number of nitrogens with zero attached hydrogens (tertiary/aromatic N) is 2. The van der Waals surface area contributed by atoms with Gasteiger partial charge in [-0.25, -0.2) is 4.39 Å². The lowest BCUT2D eigenvalue weighted by Gasteiger charge is -2.19. The lowest BCUT2D eigenvalue weighted by molar-refractivity contribution is -0.142. The molecular formula is C14H20F4N4. The second-order valence-corrected chi connectivity index (χ2v) is 4.83. The number of nitrogens with one attached hydrogen (secondary N) is 2. The number of alkyl halides is 3. The molecule has 0 unspecified atom stereocenters. The number of aliphatic imine (C=N–C) groups is 1. The second-order valence-electron chi connectivity index (χ2n) is 4.83. The molecule has 0 spiro atoms. The van der Waals surface area contributed by atoms with E-state index in [0.717, 1.165) is 5.56 Å². The number of guanidine groups is 1. The first-order valence-corrected chi connectivity index (χ1v) is 6.74. The van der Waals surface area contributed by atoms with Gasteiger partial charge < -0.3 is 10.6 Å². The summed E-state index contributed by atoms with van der Waals surface area (Å²) in [6.07, 6.45) is -4.20. The van der Waals surface area contributed by atoms with Crippen molar-refractivity contribution in [3.05, 3.63) is 35.6 Å². The summed E-state index contributed by atoms with van der Waals surface area (Å²) in [6, 6.07) is 6.01. The minimum Gasteiger partial charge on any atom is -0.355 e. The highest BCUT2D eigenvalue weighted by molar-refractivity contribution is 5.79. The second kappa shape index (κ2) is 8.57. The van der Waals surface area contributed by atoms with Crippen LogP contribution in [-0.4, -0.2) is 50.8 Å². The average Bonchev–Trinajstić information content (AvgIpc) is 2.42. The third-order valence-corrected chi connectivity index (χ3v) is 2.83. The van der Waals surface area contributed by atoms with Crippen LogP contribution in [0, 0.1) is 5.82 Å². The van der Waals surface area contributed by atoms with E-state index in [-0.39, 0.29) is 12.4 Å². The Kier molecular flexibility index (Phi) is 7.10. The SMILES string of the molecule is CN=C(NCCN(C)CC(F)(F)F)NCc1ccc(F)cc1. The molecule has 22 heavy (non-hydrogen) atoms. The van der Waals surface area contributed by atoms with Crippen LogP contribution in [0.2, 0.25) is 0 Å². The summed E-state index contributed by atoms with van der Waals surface area (Å²) in [4.78, 5) is 5.15. The van der Waals surface area contributed by atoms with E-state index in [1.54, 1.807) is 19.2 Å². The van der Waals surface area contributed by atoms with E-state index >= 15 is 0 Å². The number of hydrogen-bond acceptors (Lipinski definition) is 2. The zero-order chi connectivity index (χ0) is 16.6. The summed E-state index contributed by atoms with van der Waals surface area (Å²) >= 11 is 0. The molecule has 0 aromatic heterocycles. The minimum atomic E-state index is -4.20. The molecule has 0 saturated carbocycles. The monoisotopic (exact) mass is 320 g/mol. The molecule has 0 amide bonds. The fraction of sp³-hybridized carbons (Fsp3) is 0.500. The number of rotatable bonds is 6. The molecule has 0 saturated heterocycles. The van der Waals surface area contributed by atoms with E-state index in [2.05, 4.69) is 15.6 Å². The lowest BCUT2D eigenvalue weighted by Crippen LogP contribution is -2.42. The maximum Gasteiger partial charge on any atom is 0.401 e. The van der Waals surface area contributed by atoms with Gasteiger partial charge in [0.05, 0.1) is 6.54 Å². The van der Waals surface area contributed by atoms with Gasteiger partial charge in [-0.3, -0.25) is 9.89 Å². The molecule has 124 valence electrons. The topological polar surface area (TPSA) is 39.7 Å². The van der Waals surface area contributed by atoms with Crippen molar-refractivity contribution in [1.29, 1.82) is 0 Å². The number of benzene rings is 1. The van der Waals surface area contributed by atoms with Crippen LogP contribution in [0.5, 0.6) is 0 Å². The fourth-order valence-electron chi connectivity index (χ4n) is 1.76. The van der Waals surface area contributed by atoms with Gasteiger partial charge in [-0.2, -0.15) is 13.2 Å². The molecule has 0 aliphatic rings. The zero-order valence-corrected chi connectivity index (χ0v) is 12.5. The van der Waals surface area contributed by atoms with Crippen LogP contribution in [0.1, 0.15) is 5.56 Å². The Labute approximate surface area is 127 Å². The van der Waals surface area contributed by atoms with Crippen molar-refractivity contribution in [3.8, 4) is 0 Å². The third kappa shape index (κ3) is 7.82. The zero-order valence-electron chi connectivity index (χ0n) is 12.5.